The normalized spacial score (nSPS) is 13.5. The minimum absolute atomic E-state index is 0.0228. The van der Waals surface area contributed by atoms with Gasteiger partial charge in [0.15, 0.2) is 6.10 Å². The van der Waals surface area contributed by atoms with Crippen molar-refractivity contribution in [2.75, 3.05) is 41.0 Å². The van der Waals surface area contributed by atoms with Crippen LogP contribution in [-0.4, -0.2) is 75.5 Å². The first-order chi connectivity index (χ1) is 22.1. The number of hydrogen-bond donors (Lipinski definition) is 0. The van der Waals surface area contributed by atoms with E-state index >= 15 is 0 Å². The van der Waals surface area contributed by atoms with Gasteiger partial charge in [-0.05, 0) is 64.2 Å². The maximum absolute atomic E-state index is 12.5. The summed E-state index contributed by atoms with van der Waals surface area (Å²) in [6.45, 7) is 4.44. The standard InChI is InChI=1S/C38H67NO7/c1-6-8-10-12-14-16-17-18-19-21-22-24-26-28-36(40)45-33-34(32-44-31-30-35(38(42)43)39(3,4)5)46-37(41)29-27-25-23-20-15-13-11-9-7-2/h9,11,15,18-20,34-35H,6-8,10,12-14,16-17,21-33H2,1-5H3/b11-9+,19-18+,20-15+. The van der Waals surface area contributed by atoms with Crippen molar-refractivity contribution in [1.29, 1.82) is 0 Å². The number of nitrogens with zero attached hydrogens (tertiary/aromatic N) is 1. The van der Waals surface area contributed by atoms with Gasteiger partial charge in [-0.1, -0.05) is 88.8 Å². The molecule has 0 spiro atoms. The molecule has 0 aromatic rings. The Balaban J connectivity index is 4.49. The largest absolute Gasteiger partial charge is 0.544 e. The van der Waals surface area contributed by atoms with Gasteiger partial charge in [0.05, 0.1) is 40.3 Å². The molecule has 8 heteroatoms. The lowest BCUT2D eigenvalue weighted by molar-refractivity contribution is -0.889. The van der Waals surface area contributed by atoms with Crippen molar-refractivity contribution in [2.45, 2.75) is 148 Å². The molecule has 266 valence electrons. The molecule has 0 aromatic heterocycles. The van der Waals surface area contributed by atoms with E-state index in [9.17, 15) is 19.5 Å². The highest BCUT2D eigenvalue weighted by Gasteiger charge is 2.25. The second-order valence-electron chi connectivity index (χ2n) is 13.1. The summed E-state index contributed by atoms with van der Waals surface area (Å²) in [6, 6.07) is -0.730. The first-order valence-electron chi connectivity index (χ1n) is 18.0. The number of carboxylic acids is 1. The zero-order valence-corrected chi connectivity index (χ0v) is 30.0. The van der Waals surface area contributed by atoms with Crippen LogP contribution < -0.4 is 5.11 Å². The first kappa shape index (κ1) is 43.5. The number of likely N-dealkylation sites (N-methyl/N-ethyl adjacent to an activating group) is 1. The monoisotopic (exact) mass is 649 g/mol. The molecule has 46 heavy (non-hydrogen) atoms. The average Bonchev–Trinajstić information content (AvgIpc) is 3.00. The molecular weight excluding hydrogens is 582 g/mol. The molecule has 0 bridgehead atoms. The van der Waals surface area contributed by atoms with Gasteiger partial charge >= 0.3 is 11.9 Å². The molecule has 0 aromatic carbocycles. The van der Waals surface area contributed by atoms with Crippen LogP contribution in [0.4, 0.5) is 0 Å². The van der Waals surface area contributed by atoms with Gasteiger partial charge in [0.2, 0.25) is 0 Å². The Morgan fingerprint density at radius 3 is 1.85 bits per heavy atom. The Hall–Kier alpha value is -2.45. The SMILES string of the molecule is CC/C=C/C/C=C/CCCCC(=O)OC(COCCC(C(=O)[O-])[N+](C)(C)C)COC(=O)CCCCC/C=C/CCCCCCCC. The molecule has 0 aliphatic rings. The number of esters is 2. The third-order valence-corrected chi connectivity index (χ3v) is 7.76. The van der Waals surface area contributed by atoms with Crippen molar-refractivity contribution in [3.63, 3.8) is 0 Å². The van der Waals surface area contributed by atoms with Crippen LogP contribution in [0.2, 0.25) is 0 Å². The highest BCUT2D eigenvalue weighted by atomic mass is 16.6. The van der Waals surface area contributed by atoms with Gasteiger partial charge in [0.1, 0.15) is 12.6 Å². The smallest absolute Gasteiger partial charge is 0.306 e. The number of carboxylic acid groups (broad SMARTS) is 1. The third kappa shape index (κ3) is 27.8. The van der Waals surface area contributed by atoms with Crippen molar-refractivity contribution in [3.05, 3.63) is 36.5 Å². The van der Waals surface area contributed by atoms with Crippen LogP contribution >= 0.6 is 0 Å². The van der Waals surface area contributed by atoms with Gasteiger partial charge < -0.3 is 28.6 Å². The first-order valence-corrected chi connectivity index (χ1v) is 18.0. The van der Waals surface area contributed by atoms with Crippen LogP contribution in [0.3, 0.4) is 0 Å². The van der Waals surface area contributed by atoms with Crippen LogP contribution in [0, 0.1) is 0 Å². The number of hydrogen-bond acceptors (Lipinski definition) is 7. The van der Waals surface area contributed by atoms with Crippen molar-refractivity contribution in [1.82, 2.24) is 0 Å². The highest BCUT2D eigenvalue weighted by Crippen LogP contribution is 2.11. The van der Waals surface area contributed by atoms with Gasteiger partial charge in [-0.2, -0.15) is 0 Å². The second kappa shape index (κ2) is 29.9. The molecule has 0 amide bonds. The molecule has 0 radical (unpaired) electrons. The van der Waals surface area contributed by atoms with Crippen LogP contribution in [0.15, 0.2) is 36.5 Å². The summed E-state index contributed by atoms with van der Waals surface area (Å²) in [7, 11) is 5.37. The van der Waals surface area contributed by atoms with Crippen molar-refractivity contribution in [3.8, 4) is 0 Å². The predicted octanol–water partition coefficient (Wildman–Crippen LogP) is 7.40. The lowest BCUT2D eigenvalue weighted by atomic mass is 10.1. The molecular formula is C38H67NO7. The number of ether oxygens (including phenoxy) is 3. The fourth-order valence-electron chi connectivity index (χ4n) is 4.92. The minimum atomic E-state index is -1.13. The summed E-state index contributed by atoms with van der Waals surface area (Å²) < 4.78 is 17.0. The van der Waals surface area contributed by atoms with Crippen molar-refractivity contribution < 1.29 is 38.2 Å². The van der Waals surface area contributed by atoms with Crippen LogP contribution in [0.25, 0.3) is 0 Å². The van der Waals surface area contributed by atoms with E-state index in [0.29, 0.717) is 12.8 Å². The number of carbonyl (C=O) groups excluding carboxylic acids is 3. The Morgan fingerprint density at radius 1 is 0.674 bits per heavy atom. The van der Waals surface area contributed by atoms with Crippen molar-refractivity contribution >= 4 is 17.9 Å². The molecule has 0 fully saturated rings. The molecule has 0 aliphatic carbocycles. The van der Waals surface area contributed by atoms with Crippen LogP contribution in [0.1, 0.15) is 136 Å². The summed E-state index contributed by atoms with van der Waals surface area (Å²) in [5.41, 5.74) is 0. The molecule has 8 nitrogen and oxygen atoms in total. The molecule has 0 aliphatic heterocycles. The lowest BCUT2D eigenvalue weighted by Gasteiger charge is -2.34. The fourth-order valence-corrected chi connectivity index (χ4v) is 4.92. The number of aliphatic carboxylic acids is 1. The molecule has 0 saturated heterocycles. The maximum Gasteiger partial charge on any atom is 0.306 e. The fraction of sp³-hybridized carbons (Fsp3) is 0.763. The number of allylic oxidation sites excluding steroid dienone is 6. The van der Waals surface area contributed by atoms with Gasteiger partial charge in [0.25, 0.3) is 0 Å². The Bertz CT molecular complexity index is 860. The molecule has 0 saturated carbocycles. The summed E-state index contributed by atoms with van der Waals surface area (Å²) in [5.74, 6) is -1.81. The predicted molar refractivity (Wildman–Crippen MR) is 185 cm³/mol. The molecule has 0 rings (SSSR count). The summed E-state index contributed by atoms with van der Waals surface area (Å²) in [4.78, 5) is 36.5. The highest BCUT2D eigenvalue weighted by molar-refractivity contribution is 5.70. The third-order valence-electron chi connectivity index (χ3n) is 7.76. The van der Waals surface area contributed by atoms with E-state index in [0.717, 1.165) is 57.8 Å². The Kier molecular flexibility index (Phi) is 28.3. The summed E-state index contributed by atoms with van der Waals surface area (Å²) in [6.07, 6.45) is 30.4. The lowest BCUT2D eigenvalue weighted by Crippen LogP contribution is -2.55. The summed E-state index contributed by atoms with van der Waals surface area (Å²) in [5, 5.41) is 11.5. The van der Waals surface area contributed by atoms with Gasteiger partial charge in [-0.25, -0.2) is 0 Å². The Labute approximate surface area is 281 Å². The number of quaternary nitrogens is 1. The second-order valence-corrected chi connectivity index (χ2v) is 13.1. The van der Waals surface area contributed by atoms with Crippen LogP contribution in [-0.2, 0) is 28.6 Å². The topological polar surface area (TPSA) is 102 Å². The maximum atomic E-state index is 12.5. The number of rotatable bonds is 31. The van der Waals surface area contributed by atoms with E-state index in [1.54, 1.807) is 21.1 Å². The van der Waals surface area contributed by atoms with E-state index in [-0.39, 0.29) is 49.1 Å². The molecule has 0 N–H and O–H groups in total. The van der Waals surface area contributed by atoms with E-state index in [2.05, 4.69) is 50.3 Å². The van der Waals surface area contributed by atoms with Crippen LogP contribution in [0.5, 0.6) is 0 Å². The number of carbonyl (C=O) groups is 3. The van der Waals surface area contributed by atoms with Gasteiger partial charge in [0, 0.05) is 19.3 Å². The average molecular weight is 650 g/mol. The molecule has 0 heterocycles. The van der Waals surface area contributed by atoms with E-state index in [4.69, 9.17) is 14.2 Å². The minimum Gasteiger partial charge on any atom is -0.544 e. The quantitative estimate of drug-likeness (QED) is 0.0334. The zero-order chi connectivity index (χ0) is 34.3. The number of unbranched alkanes of at least 4 members (excludes halogenated alkanes) is 11. The van der Waals surface area contributed by atoms with E-state index in [1.807, 2.05) is 0 Å². The molecule has 2 unspecified atom stereocenters. The van der Waals surface area contributed by atoms with Gasteiger partial charge in [-0.3, -0.25) is 9.59 Å². The Morgan fingerprint density at radius 2 is 1.22 bits per heavy atom. The molecule has 2 atom stereocenters. The van der Waals surface area contributed by atoms with Crippen molar-refractivity contribution in [2.24, 2.45) is 0 Å². The summed E-state index contributed by atoms with van der Waals surface area (Å²) >= 11 is 0. The van der Waals surface area contributed by atoms with E-state index in [1.165, 1.54) is 38.5 Å². The zero-order valence-electron chi connectivity index (χ0n) is 30.0. The van der Waals surface area contributed by atoms with Gasteiger partial charge in [-0.15, -0.1) is 0 Å². The van der Waals surface area contributed by atoms with E-state index < -0.39 is 18.1 Å².